The second-order valence-corrected chi connectivity index (χ2v) is 5.94. The maximum absolute atomic E-state index is 12.3. The van der Waals surface area contributed by atoms with Crippen molar-refractivity contribution in [1.82, 2.24) is 9.78 Å². The van der Waals surface area contributed by atoms with Crippen LogP contribution in [0.2, 0.25) is 5.02 Å². The summed E-state index contributed by atoms with van der Waals surface area (Å²) in [5.41, 5.74) is -0.623. The molecule has 0 radical (unpaired) electrons. The van der Waals surface area contributed by atoms with E-state index in [1.165, 1.54) is 6.20 Å². The van der Waals surface area contributed by atoms with E-state index in [1.54, 1.807) is 0 Å². The van der Waals surface area contributed by atoms with Crippen molar-refractivity contribution >= 4 is 17.3 Å². The standard InChI is InChI=1S/C13H17ClF3N3O/c1-8-3-2-4-9(5-8)19-10-6-18-20(7-13(15,16)17)12(21)11(10)14/h6,8-9,19H,2-5,7H2,1H3. The van der Waals surface area contributed by atoms with Crippen molar-refractivity contribution in [3.05, 3.63) is 21.6 Å². The Morgan fingerprint density at radius 1 is 1.48 bits per heavy atom. The van der Waals surface area contributed by atoms with Crippen LogP contribution in [0.5, 0.6) is 0 Å². The molecule has 2 unspecified atom stereocenters. The third-order valence-electron chi connectivity index (χ3n) is 3.61. The summed E-state index contributed by atoms with van der Waals surface area (Å²) < 4.78 is 37.3. The lowest BCUT2D eigenvalue weighted by Crippen LogP contribution is -2.32. The molecule has 0 bridgehead atoms. The Labute approximate surface area is 125 Å². The normalized spacial score (nSPS) is 23.1. The Hall–Kier alpha value is -1.24. The fourth-order valence-electron chi connectivity index (χ4n) is 2.63. The van der Waals surface area contributed by atoms with Gasteiger partial charge in [-0.2, -0.15) is 18.3 Å². The van der Waals surface area contributed by atoms with Gasteiger partial charge in [-0.3, -0.25) is 4.79 Å². The predicted molar refractivity (Wildman–Crippen MR) is 74.6 cm³/mol. The first-order valence-electron chi connectivity index (χ1n) is 6.85. The molecule has 1 saturated carbocycles. The lowest BCUT2D eigenvalue weighted by Gasteiger charge is -2.28. The molecular weight excluding hydrogens is 307 g/mol. The van der Waals surface area contributed by atoms with Crippen LogP contribution in [0.15, 0.2) is 11.0 Å². The minimum absolute atomic E-state index is 0.172. The summed E-state index contributed by atoms with van der Waals surface area (Å²) in [7, 11) is 0. The fraction of sp³-hybridized carbons (Fsp3) is 0.692. The van der Waals surface area contributed by atoms with Crippen molar-refractivity contribution in [2.45, 2.75) is 51.4 Å². The Morgan fingerprint density at radius 2 is 2.19 bits per heavy atom. The molecule has 1 N–H and O–H groups in total. The lowest BCUT2D eigenvalue weighted by atomic mass is 9.87. The quantitative estimate of drug-likeness (QED) is 0.926. The van der Waals surface area contributed by atoms with Gasteiger partial charge >= 0.3 is 6.18 Å². The first-order chi connectivity index (χ1) is 9.76. The van der Waals surface area contributed by atoms with Gasteiger partial charge in [0.05, 0.1) is 11.9 Å². The van der Waals surface area contributed by atoms with Crippen molar-refractivity contribution in [3.8, 4) is 0 Å². The summed E-state index contributed by atoms with van der Waals surface area (Å²) in [5.74, 6) is 0.577. The highest BCUT2D eigenvalue weighted by atomic mass is 35.5. The molecule has 21 heavy (non-hydrogen) atoms. The largest absolute Gasteiger partial charge is 0.408 e. The number of aromatic nitrogens is 2. The second kappa shape index (κ2) is 6.25. The number of halogens is 4. The number of hydrogen-bond acceptors (Lipinski definition) is 3. The molecule has 8 heteroatoms. The molecule has 1 fully saturated rings. The molecule has 0 spiro atoms. The molecule has 118 valence electrons. The van der Waals surface area contributed by atoms with Crippen molar-refractivity contribution in [3.63, 3.8) is 0 Å². The van der Waals surface area contributed by atoms with Gasteiger partial charge in [-0.25, -0.2) is 4.68 Å². The monoisotopic (exact) mass is 323 g/mol. The highest BCUT2D eigenvalue weighted by molar-refractivity contribution is 6.32. The van der Waals surface area contributed by atoms with Gasteiger partial charge in [0.25, 0.3) is 5.56 Å². The molecule has 1 aliphatic rings. The molecule has 1 heterocycles. The van der Waals surface area contributed by atoms with E-state index in [9.17, 15) is 18.0 Å². The van der Waals surface area contributed by atoms with E-state index in [0.717, 1.165) is 25.7 Å². The molecule has 0 saturated heterocycles. The van der Waals surface area contributed by atoms with Crippen molar-refractivity contribution in [2.75, 3.05) is 5.32 Å². The highest BCUT2D eigenvalue weighted by Gasteiger charge is 2.30. The van der Waals surface area contributed by atoms with E-state index in [-0.39, 0.29) is 11.1 Å². The molecular formula is C13H17ClF3N3O. The smallest absolute Gasteiger partial charge is 0.380 e. The maximum Gasteiger partial charge on any atom is 0.408 e. The van der Waals surface area contributed by atoms with Crippen LogP contribution in [0.1, 0.15) is 32.6 Å². The van der Waals surface area contributed by atoms with Gasteiger partial charge in [-0.05, 0) is 18.8 Å². The van der Waals surface area contributed by atoms with E-state index in [2.05, 4.69) is 17.3 Å². The number of nitrogens with zero attached hydrogens (tertiary/aromatic N) is 2. The van der Waals surface area contributed by atoms with Gasteiger partial charge in [0.15, 0.2) is 0 Å². The van der Waals surface area contributed by atoms with Crippen LogP contribution < -0.4 is 10.9 Å². The summed E-state index contributed by atoms with van der Waals surface area (Å²) in [6.45, 7) is 0.710. The number of anilines is 1. The SMILES string of the molecule is CC1CCCC(Nc2cnn(CC(F)(F)F)c(=O)c2Cl)C1. The molecule has 2 atom stereocenters. The van der Waals surface area contributed by atoms with E-state index in [0.29, 0.717) is 16.3 Å². The highest BCUT2D eigenvalue weighted by Crippen LogP contribution is 2.27. The van der Waals surface area contributed by atoms with Crippen LogP contribution in [-0.4, -0.2) is 22.0 Å². The molecule has 1 aromatic rings. The van der Waals surface area contributed by atoms with Crippen molar-refractivity contribution < 1.29 is 13.2 Å². The Bertz CT molecular complexity index is 559. The van der Waals surface area contributed by atoms with Crippen LogP contribution in [0.3, 0.4) is 0 Å². The summed E-state index contributed by atoms with van der Waals surface area (Å²) >= 11 is 5.88. The molecule has 0 amide bonds. The van der Waals surface area contributed by atoms with Gasteiger partial charge in [0, 0.05) is 6.04 Å². The van der Waals surface area contributed by atoms with Crippen molar-refractivity contribution in [2.24, 2.45) is 5.92 Å². The zero-order valence-corrected chi connectivity index (χ0v) is 12.3. The molecule has 0 aromatic carbocycles. The zero-order valence-electron chi connectivity index (χ0n) is 11.6. The van der Waals surface area contributed by atoms with Crippen LogP contribution in [-0.2, 0) is 6.54 Å². The van der Waals surface area contributed by atoms with E-state index in [4.69, 9.17) is 11.6 Å². The summed E-state index contributed by atoms with van der Waals surface area (Å²) in [5, 5.41) is 6.42. The predicted octanol–water partition coefficient (Wildman–Crippen LogP) is 3.45. The van der Waals surface area contributed by atoms with Crippen LogP contribution >= 0.6 is 11.6 Å². The number of rotatable bonds is 3. The van der Waals surface area contributed by atoms with E-state index >= 15 is 0 Å². The summed E-state index contributed by atoms with van der Waals surface area (Å²) in [4.78, 5) is 11.8. The van der Waals surface area contributed by atoms with E-state index < -0.39 is 18.3 Å². The zero-order chi connectivity index (χ0) is 15.6. The Morgan fingerprint density at radius 3 is 2.81 bits per heavy atom. The van der Waals surface area contributed by atoms with Crippen molar-refractivity contribution in [1.29, 1.82) is 0 Å². The third kappa shape index (κ3) is 4.36. The van der Waals surface area contributed by atoms with Gasteiger partial charge < -0.3 is 5.32 Å². The number of alkyl halides is 3. The van der Waals surface area contributed by atoms with Gasteiger partial charge in [-0.1, -0.05) is 31.4 Å². The third-order valence-corrected chi connectivity index (χ3v) is 3.98. The molecule has 1 aliphatic carbocycles. The Kier molecular flexibility index (Phi) is 4.81. The van der Waals surface area contributed by atoms with E-state index in [1.807, 2.05) is 0 Å². The average molecular weight is 324 g/mol. The first-order valence-corrected chi connectivity index (χ1v) is 7.23. The Balaban J connectivity index is 2.15. The number of nitrogens with one attached hydrogen (secondary N) is 1. The van der Waals surface area contributed by atoms with Gasteiger partial charge in [0.1, 0.15) is 11.6 Å². The van der Waals surface area contributed by atoms with Crippen LogP contribution in [0, 0.1) is 5.92 Å². The average Bonchev–Trinajstić information content (AvgIpc) is 2.37. The summed E-state index contributed by atoms with van der Waals surface area (Å²) in [6.07, 6.45) is 0.823. The second-order valence-electron chi connectivity index (χ2n) is 5.56. The number of hydrogen-bond donors (Lipinski definition) is 1. The first kappa shape index (κ1) is 16.1. The topological polar surface area (TPSA) is 46.9 Å². The van der Waals surface area contributed by atoms with Crippen LogP contribution in [0.4, 0.5) is 18.9 Å². The summed E-state index contributed by atoms with van der Waals surface area (Å²) in [6, 6.07) is 0.172. The minimum Gasteiger partial charge on any atom is -0.380 e. The fourth-order valence-corrected chi connectivity index (χ4v) is 2.83. The lowest BCUT2D eigenvalue weighted by molar-refractivity contribution is -0.143. The molecule has 0 aliphatic heterocycles. The van der Waals surface area contributed by atoms with Crippen LogP contribution in [0.25, 0.3) is 0 Å². The minimum atomic E-state index is -4.51. The maximum atomic E-state index is 12.3. The molecule has 1 aromatic heterocycles. The van der Waals surface area contributed by atoms with Gasteiger partial charge in [-0.15, -0.1) is 0 Å². The molecule has 4 nitrogen and oxygen atoms in total. The van der Waals surface area contributed by atoms with Gasteiger partial charge in [0.2, 0.25) is 0 Å². The molecule has 2 rings (SSSR count).